The van der Waals surface area contributed by atoms with E-state index in [9.17, 15) is 14.4 Å². The van der Waals surface area contributed by atoms with E-state index in [-0.39, 0.29) is 12.5 Å². The Morgan fingerprint density at radius 2 is 1.55 bits per heavy atom. The van der Waals surface area contributed by atoms with Crippen molar-refractivity contribution in [2.75, 3.05) is 6.61 Å². The van der Waals surface area contributed by atoms with E-state index in [0.717, 1.165) is 21.8 Å². The lowest BCUT2D eigenvalue weighted by atomic mass is 9.99. The van der Waals surface area contributed by atoms with Crippen LogP contribution in [0.4, 0.5) is 0 Å². The van der Waals surface area contributed by atoms with Gasteiger partial charge in [0.1, 0.15) is 6.61 Å². The first kappa shape index (κ1) is 22.2. The molecular formula is C26H23N3O4. The highest BCUT2D eigenvalue weighted by molar-refractivity contribution is 6.20. The number of fused-ring (bicyclic) bond motifs is 1. The molecule has 0 unspecified atom stereocenters. The molecule has 0 atom stereocenters. The van der Waals surface area contributed by atoms with Gasteiger partial charge in [0.05, 0.1) is 28.1 Å². The molecule has 7 heteroatoms. The van der Waals surface area contributed by atoms with Gasteiger partial charge < -0.3 is 0 Å². The zero-order valence-corrected chi connectivity index (χ0v) is 19.1. The third-order valence-corrected chi connectivity index (χ3v) is 5.61. The Bertz CT molecular complexity index is 1330. The van der Waals surface area contributed by atoms with Crippen molar-refractivity contribution >= 4 is 17.7 Å². The average molecular weight is 441 g/mol. The van der Waals surface area contributed by atoms with E-state index >= 15 is 0 Å². The zero-order chi connectivity index (χ0) is 23.9. The van der Waals surface area contributed by atoms with Crippen LogP contribution in [0.25, 0.3) is 0 Å². The van der Waals surface area contributed by atoms with Gasteiger partial charge in [-0.05, 0) is 57.9 Å². The van der Waals surface area contributed by atoms with Gasteiger partial charge >= 0.3 is 0 Å². The third-order valence-electron chi connectivity index (χ3n) is 5.61. The second-order valence-corrected chi connectivity index (χ2v) is 8.06. The first-order valence-corrected chi connectivity index (χ1v) is 10.5. The summed E-state index contributed by atoms with van der Waals surface area (Å²) in [4.78, 5) is 43.3. The second kappa shape index (κ2) is 8.49. The SMILES string of the molecule is Cc1cc(C)c(C(=O)n2nc(C)c(C#CCON3C(=O)c4ccccc4C3=O)c2C)c(C)c1. The highest BCUT2D eigenvalue weighted by Crippen LogP contribution is 2.23. The van der Waals surface area contributed by atoms with E-state index in [1.165, 1.54) is 4.68 Å². The van der Waals surface area contributed by atoms with Crippen molar-refractivity contribution in [1.82, 2.24) is 14.8 Å². The Balaban J connectivity index is 1.52. The summed E-state index contributed by atoms with van der Waals surface area (Å²) < 4.78 is 1.37. The molecular weight excluding hydrogens is 418 g/mol. The zero-order valence-electron chi connectivity index (χ0n) is 19.1. The normalized spacial score (nSPS) is 12.6. The minimum Gasteiger partial charge on any atom is -0.267 e. The molecule has 4 rings (SSSR count). The molecule has 33 heavy (non-hydrogen) atoms. The summed E-state index contributed by atoms with van der Waals surface area (Å²) in [6.07, 6.45) is 0. The van der Waals surface area contributed by atoms with Gasteiger partial charge in [-0.15, -0.1) is 5.06 Å². The molecule has 1 aliphatic rings. The topological polar surface area (TPSA) is 81.5 Å². The molecule has 0 fully saturated rings. The number of aromatic nitrogens is 2. The monoisotopic (exact) mass is 441 g/mol. The summed E-state index contributed by atoms with van der Waals surface area (Å²) in [7, 11) is 0. The molecule has 3 aromatic rings. The van der Waals surface area contributed by atoms with Crippen LogP contribution < -0.4 is 0 Å². The summed E-state index contributed by atoms with van der Waals surface area (Å²) in [6, 6.07) is 10.5. The van der Waals surface area contributed by atoms with E-state index in [2.05, 4.69) is 16.9 Å². The molecule has 0 aliphatic carbocycles. The molecule has 1 aromatic heterocycles. The van der Waals surface area contributed by atoms with Gasteiger partial charge in [0, 0.05) is 5.56 Å². The lowest BCUT2D eigenvalue weighted by molar-refractivity contribution is -0.0782. The fourth-order valence-electron chi connectivity index (χ4n) is 4.15. The molecule has 2 aromatic carbocycles. The van der Waals surface area contributed by atoms with Crippen molar-refractivity contribution < 1.29 is 19.2 Å². The number of hydroxylamine groups is 2. The number of benzene rings is 2. The Labute approximate surface area is 191 Å². The predicted octanol–water partition coefficient (Wildman–Crippen LogP) is 3.69. The highest BCUT2D eigenvalue weighted by Gasteiger charge is 2.36. The van der Waals surface area contributed by atoms with Crippen LogP contribution in [0.15, 0.2) is 36.4 Å². The summed E-state index contributed by atoms with van der Waals surface area (Å²) in [5, 5.41) is 5.13. The number of rotatable bonds is 3. The summed E-state index contributed by atoms with van der Waals surface area (Å²) in [5.74, 6) is 4.56. The van der Waals surface area contributed by atoms with Crippen LogP contribution in [-0.2, 0) is 4.84 Å². The molecule has 7 nitrogen and oxygen atoms in total. The average Bonchev–Trinajstić information content (AvgIpc) is 3.18. The number of hydrogen-bond acceptors (Lipinski definition) is 5. The molecule has 166 valence electrons. The molecule has 2 heterocycles. The van der Waals surface area contributed by atoms with Crippen molar-refractivity contribution in [1.29, 1.82) is 0 Å². The van der Waals surface area contributed by atoms with Gasteiger partial charge in [-0.25, -0.2) is 4.84 Å². The molecule has 0 saturated carbocycles. The fourth-order valence-corrected chi connectivity index (χ4v) is 4.15. The molecule has 0 N–H and O–H groups in total. The number of aryl methyl sites for hydroxylation is 4. The smallest absolute Gasteiger partial charge is 0.267 e. The van der Waals surface area contributed by atoms with E-state index in [1.54, 1.807) is 38.1 Å². The molecule has 2 amide bonds. The van der Waals surface area contributed by atoms with Crippen LogP contribution in [0.3, 0.4) is 0 Å². The molecule has 0 bridgehead atoms. The fraction of sp³-hybridized carbons (Fsp3) is 0.231. The largest absolute Gasteiger partial charge is 0.285 e. The van der Waals surface area contributed by atoms with Gasteiger partial charge in [0.25, 0.3) is 17.7 Å². The predicted molar refractivity (Wildman–Crippen MR) is 122 cm³/mol. The van der Waals surface area contributed by atoms with Crippen molar-refractivity contribution in [3.05, 3.63) is 86.7 Å². The van der Waals surface area contributed by atoms with E-state index < -0.39 is 11.8 Å². The first-order valence-electron chi connectivity index (χ1n) is 10.5. The minimum absolute atomic E-state index is 0.167. The number of amides is 2. The summed E-state index contributed by atoms with van der Waals surface area (Å²) in [5.41, 5.74) is 5.96. The van der Waals surface area contributed by atoms with E-state index in [1.807, 2.05) is 32.9 Å². The number of carbonyl (C=O) groups is 3. The van der Waals surface area contributed by atoms with Gasteiger partial charge in [0.2, 0.25) is 0 Å². The lowest BCUT2D eigenvalue weighted by Crippen LogP contribution is -2.30. The van der Waals surface area contributed by atoms with E-state index in [0.29, 0.717) is 33.6 Å². The standard InChI is InChI=1S/C26H23N3O4/c1-15-13-16(2)23(17(3)14-15)26(32)28-19(5)20(18(4)27-28)11-8-12-33-29-24(30)21-9-6-7-10-22(21)25(29)31/h6-7,9-10,13-14H,12H2,1-5H3. The molecule has 0 radical (unpaired) electrons. The highest BCUT2D eigenvalue weighted by atomic mass is 16.7. The Morgan fingerprint density at radius 3 is 2.12 bits per heavy atom. The number of nitrogens with zero attached hydrogens (tertiary/aromatic N) is 3. The van der Waals surface area contributed by atoms with Crippen LogP contribution in [0.5, 0.6) is 0 Å². The Kier molecular flexibility index (Phi) is 5.71. The number of hydrogen-bond donors (Lipinski definition) is 0. The first-order chi connectivity index (χ1) is 15.7. The molecule has 0 spiro atoms. The summed E-state index contributed by atoms with van der Waals surface area (Å²) >= 11 is 0. The maximum absolute atomic E-state index is 13.2. The quantitative estimate of drug-likeness (QED) is 0.457. The van der Waals surface area contributed by atoms with Gasteiger partial charge in [0.15, 0.2) is 0 Å². The number of carbonyl (C=O) groups excluding carboxylic acids is 3. The Hall–Kier alpha value is -4.02. The third kappa shape index (κ3) is 3.86. The van der Waals surface area contributed by atoms with Crippen LogP contribution in [0.1, 0.15) is 64.7 Å². The van der Waals surface area contributed by atoms with Crippen molar-refractivity contribution in [3.8, 4) is 11.8 Å². The number of imide groups is 1. The van der Waals surface area contributed by atoms with Crippen LogP contribution in [-0.4, -0.2) is 39.2 Å². The molecule has 1 aliphatic heterocycles. The van der Waals surface area contributed by atoms with Crippen LogP contribution in [0.2, 0.25) is 0 Å². The summed E-state index contributed by atoms with van der Waals surface area (Å²) in [6.45, 7) is 9.22. The van der Waals surface area contributed by atoms with Crippen molar-refractivity contribution in [2.24, 2.45) is 0 Å². The van der Waals surface area contributed by atoms with Crippen molar-refractivity contribution in [3.63, 3.8) is 0 Å². The Morgan fingerprint density at radius 1 is 0.970 bits per heavy atom. The molecule has 0 saturated heterocycles. The maximum atomic E-state index is 13.2. The maximum Gasteiger partial charge on any atom is 0.285 e. The van der Waals surface area contributed by atoms with Crippen LogP contribution in [0, 0.1) is 46.5 Å². The minimum atomic E-state index is -0.507. The van der Waals surface area contributed by atoms with Crippen LogP contribution >= 0.6 is 0 Å². The second-order valence-electron chi connectivity index (χ2n) is 8.06. The van der Waals surface area contributed by atoms with Crippen molar-refractivity contribution in [2.45, 2.75) is 34.6 Å². The van der Waals surface area contributed by atoms with Gasteiger partial charge in [-0.1, -0.05) is 41.7 Å². The van der Waals surface area contributed by atoms with E-state index in [4.69, 9.17) is 4.84 Å². The van der Waals surface area contributed by atoms with Gasteiger partial charge in [-0.3, -0.25) is 14.4 Å². The van der Waals surface area contributed by atoms with Gasteiger partial charge in [-0.2, -0.15) is 9.78 Å². The lowest BCUT2D eigenvalue weighted by Gasteiger charge is -2.11.